The van der Waals surface area contributed by atoms with Gasteiger partial charge in [0.05, 0.1) is 12.0 Å². The molecule has 0 spiro atoms. The Morgan fingerprint density at radius 3 is 2.40 bits per heavy atom. The molecule has 1 aromatic carbocycles. The number of non-ortho nitro benzene ring substituents is 1. The number of hydrogen-bond donors (Lipinski definition) is 1. The second kappa shape index (κ2) is 7.07. The van der Waals surface area contributed by atoms with E-state index in [0.717, 1.165) is 0 Å². The first-order chi connectivity index (χ1) is 9.43. The molecule has 108 valence electrons. The summed E-state index contributed by atoms with van der Waals surface area (Å²) in [6.45, 7) is 1.13. The first kappa shape index (κ1) is 15.4. The van der Waals surface area contributed by atoms with Crippen molar-refractivity contribution in [1.29, 1.82) is 0 Å². The topological polar surface area (TPSA) is 108 Å². The molecular weight excluding hydrogens is 268 g/mol. The fraction of sp³-hybridized carbons (Fsp3) is 0.333. The molecule has 1 atom stereocenters. The third-order valence-electron chi connectivity index (χ3n) is 2.33. The number of esters is 1. The second-order valence-electron chi connectivity index (χ2n) is 3.84. The number of nitro groups is 1. The van der Waals surface area contributed by atoms with Crippen LogP contribution in [0.5, 0.6) is 5.75 Å². The van der Waals surface area contributed by atoms with E-state index in [2.05, 4.69) is 10.1 Å². The number of methoxy groups -OCH3 is 1. The van der Waals surface area contributed by atoms with Crippen molar-refractivity contribution >= 4 is 17.6 Å². The number of ether oxygens (including phenoxy) is 2. The van der Waals surface area contributed by atoms with Crippen LogP contribution in [0.2, 0.25) is 0 Å². The fourth-order valence-electron chi connectivity index (χ4n) is 1.40. The maximum atomic E-state index is 11.4. The summed E-state index contributed by atoms with van der Waals surface area (Å²) in [6, 6.07) is 4.43. The number of amides is 1. The molecule has 0 radical (unpaired) electrons. The van der Waals surface area contributed by atoms with Crippen LogP contribution in [0.15, 0.2) is 24.3 Å². The maximum absolute atomic E-state index is 11.4. The molecule has 1 rings (SSSR count). The van der Waals surface area contributed by atoms with Crippen molar-refractivity contribution in [2.45, 2.75) is 13.0 Å². The number of nitrogens with zero attached hydrogens (tertiary/aromatic N) is 1. The van der Waals surface area contributed by atoms with Gasteiger partial charge in [0, 0.05) is 19.1 Å². The van der Waals surface area contributed by atoms with Crippen molar-refractivity contribution in [3.63, 3.8) is 0 Å². The zero-order valence-electron chi connectivity index (χ0n) is 11.0. The number of rotatable bonds is 6. The third kappa shape index (κ3) is 4.56. The van der Waals surface area contributed by atoms with Crippen LogP contribution < -0.4 is 10.1 Å². The van der Waals surface area contributed by atoms with Gasteiger partial charge < -0.3 is 14.8 Å². The zero-order chi connectivity index (χ0) is 15.1. The Bertz CT molecular complexity index is 499. The van der Waals surface area contributed by atoms with Gasteiger partial charge in [-0.3, -0.25) is 14.9 Å². The molecule has 0 aromatic heterocycles. The Balaban J connectivity index is 2.64. The van der Waals surface area contributed by atoms with Crippen LogP contribution in [0.4, 0.5) is 5.69 Å². The number of carbonyl (C=O) groups excluding carboxylic acids is 2. The monoisotopic (exact) mass is 282 g/mol. The van der Waals surface area contributed by atoms with Gasteiger partial charge in [0.25, 0.3) is 5.69 Å². The van der Waals surface area contributed by atoms with Crippen LogP contribution >= 0.6 is 0 Å². The number of benzene rings is 1. The van der Waals surface area contributed by atoms with Gasteiger partial charge >= 0.3 is 5.97 Å². The molecule has 1 N–H and O–H groups in total. The van der Waals surface area contributed by atoms with E-state index in [1.54, 1.807) is 0 Å². The molecule has 0 saturated carbocycles. The molecule has 20 heavy (non-hydrogen) atoms. The Labute approximate surface area is 114 Å². The molecule has 1 amide bonds. The Hall–Kier alpha value is -2.64. The molecule has 8 nitrogen and oxygen atoms in total. The Kier molecular flexibility index (Phi) is 5.45. The van der Waals surface area contributed by atoms with Gasteiger partial charge in [0.1, 0.15) is 12.4 Å². The van der Waals surface area contributed by atoms with Crippen molar-refractivity contribution in [3.05, 3.63) is 34.4 Å². The van der Waals surface area contributed by atoms with Crippen molar-refractivity contribution in [3.8, 4) is 5.75 Å². The normalized spacial score (nSPS) is 11.3. The largest absolute Gasteiger partial charge is 0.491 e. The van der Waals surface area contributed by atoms with Crippen LogP contribution in [-0.2, 0) is 14.3 Å². The molecule has 0 aliphatic heterocycles. The van der Waals surface area contributed by atoms with E-state index in [0.29, 0.717) is 5.75 Å². The van der Waals surface area contributed by atoms with Crippen molar-refractivity contribution < 1.29 is 24.0 Å². The first-order valence-corrected chi connectivity index (χ1v) is 5.66. The highest BCUT2D eigenvalue weighted by atomic mass is 16.6. The summed E-state index contributed by atoms with van der Waals surface area (Å²) in [5.74, 6) is -0.690. The molecule has 1 unspecified atom stereocenters. The van der Waals surface area contributed by atoms with E-state index in [1.165, 1.54) is 38.3 Å². The SMILES string of the molecule is COC(=O)C(COc1ccc([N+](=O)[O-])cc1)NC(C)=O. The van der Waals surface area contributed by atoms with Crippen LogP contribution in [-0.4, -0.2) is 36.6 Å². The predicted molar refractivity (Wildman–Crippen MR) is 68.2 cm³/mol. The van der Waals surface area contributed by atoms with E-state index < -0.39 is 22.8 Å². The molecule has 8 heteroatoms. The van der Waals surface area contributed by atoms with Gasteiger partial charge in [-0.1, -0.05) is 0 Å². The molecule has 0 heterocycles. The minimum atomic E-state index is -0.937. The average molecular weight is 282 g/mol. The number of nitro benzene ring substituents is 1. The maximum Gasteiger partial charge on any atom is 0.331 e. The minimum Gasteiger partial charge on any atom is -0.491 e. The van der Waals surface area contributed by atoms with Crippen LogP contribution in [0.25, 0.3) is 0 Å². The lowest BCUT2D eigenvalue weighted by molar-refractivity contribution is -0.384. The average Bonchev–Trinajstić information content (AvgIpc) is 2.42. The predicted octanol–water partition coefficient (Wildman–Crippen LogP) is 0.651. The smallest absolute Gasteiger partial charge is 0.331 e. The summed E-state index contributed by atoms with van der Waals surface area (Å²) in [6.07, 6.45) is 0. The standard InChI is InChI=1S/C12H14N2O6/c1-8(15)13-11(12(16)19-2)7-20-10-5-3-9(4-6-10)14(17)18/h3-6,11H,7H2,1-2H3,(H,13,15). The lowest BCUT2D eigenvalue weighted by Crippen LogP contribution is -2.44. The zero-order valence-corrected chi connectivity index (χ0v) is 11.0. The lowest BCUT2D eigenvalue weighted by atomic mass is 10.3. The molecule has 0 saturated heterocycles. The van der Waals surface area contributed by atoms with Crippen molar-refractivity contribution in [2.75, 3.05) is 13.7 Å². The Morgan fingerprint density at radius 1 is 1.35 bits per heavy atom. The van der Waals surface area contributed by atoms with E-state index in [4.69, 9.17) is 4.74 Å². The van der Waals surface area contributed by atoms with Gasteiger partial charge in [-0.15, -0.1) is 0 Å². The highest BCUT2D eigenvalue weighted by molar-refractivity contribution is 5.83. The van der Waals surface area contributed by atoms with Crippen molar-refractivity contribution in [2.24, 2.45) is 0 Å². The Morgan fingerprint density at radius 2 is 1.95 bits per heavy atom. The summed E-state index contributed by atoms with van der Waals surface area (Å²) in [4.78, 5) is 32.3. The van der Waals surface area contributed by atoms with E-state index in [1.807, 2.05) is 0 Å². The van der Waals surface area contributed by atoms with E-state index >= 15 is 0 Å². The first-order valence-electron chi connectivity index (χ1n) is 5.66. The summed E-state index contributed by atoms with van der Waals surface area (Å²) in [5.41, 5.74) is -0.0660. The van der Waals surface area contributed by atoms with Crippen molar-refractivity contribution in [1.82, 2.24) is 5.32 Å². The van der Waals surface area contributed by atoms with Crippen LogP contribution in [0.1, 0.15) is 6.92 Å². The molecule has 1 aromatic rings. The summed E-state index contributed by atoms with van der Waals surface area (Å²) >= 11 is 0. The van der Waals surface area contributed by atoms with Gasteiger partial charge in [0.15, 0.2) is 6.04 Å². The molecule has 0 aliphatic carbocycles. The fourth-order valence-corrected chi connectivity index (χ4v) is 1.40. The highest BCUT2D eigenvalue weighted by Gasteiger charge is 2.21. The summed E-state index contributed by atoms with van der Waals surface area (Å²) < 4.78 is 9.82. The van der Waals surface area contributed by atoms with E-state index in [-0.39, 0.29) is 12.3 Å². The number of hydrogen-bond acceptors (Lipinski definition) is 6. The molecular formula is C12H14N2O6. The minimum absolute atomic E-state index is 0.0660. The van der Waals surface area contributed by atoms with Crippen LogP contribution in [0.3, 0.4) is 0 Å². The van der Waals surface area contributed by atoms with E-state index in [9.17, 15) is 19.7 Å². The van der Waals surface area contributed by atoms with Gasteiger partial charge in [-0.25, -0.2) is 4.79 Å². The second-order valence-corrected chi connectivity index (χ2v) is 3.84. The molecule has 0 bridgehead atoms. The number of carbonyl (C=O) groups is 2. The summed E-state index contributed by atoms with van der Waals surface area (Å²) in [7, 11) is 1.20. The number of nitrogens with one attached hydrogen (secondary N) is 1. The molecule has 0 fully saturated rings. The molecule has 0 aliphatic rings. The highest BCUT2D eigenvalue weighted by Crippen LogP contribution is 2.17. The van der Waals surface area contributed by atoms with Gasteiger partial charge in [-0.2, -0.15) is 0 Å². The van der Waals surface area contributed by atoms with Gasteiger partial charge in [0.2, 0.25) is 5.91 Å². The quantitative estimate of drug-likeness (QED) is 0.466. The summed E-state index contributed by atoms with van der Waals surface area (Å²) in [5, 5.41) is 12.9. The van der Waals surface area contributed by atoms with Crippen LogP contribution in [0, 0.1) is 10.1 Å². The third-order valence-corrected chi connectivity index (χ3v) is 2.33. The lowest BCUT2D eigenvalue weighted by Gasteiger charge is -2.16. The van der Waals surface area contributed by atoms with Gasteiger partial charge in [-0.05, 0) is 12.1 Å².